The van der Waals surface area contributed by atoms with Crippen molar-refractivity contribution in [2.75, 3.05) is 31.6 Å². The zero-order valence-corrected chi connectivity index (χ0v) is 16.1. The van der Waals surface area contributed by atoms with Gasteiger partial charge in [0.1, 0.15) is 5.75 Å². The number of hydrogen-bond donors (Lipinski definition) is 1. The first-order valence-corrected chi connectivity index (χ1v) is 9.75. The Morgan fingerprint density at radius 3 is 2.73 bits per heavy atom. The lowest BCUT2D eigenvalue weighted by Gasteiger charge is -2.36. The Morgan fingerprint density at radius 2 is 2.00 bits per heavy atom. The maximum Gasteiger partial charge on any atom is 0.151 e. The van der Waals surface area contributed by atoms with Gasteiger partial charge in [-0.2, -0.15) is 0 Å². The lowest BCUT2D eigenvalue weighted by molar-refractivity contribution is 0.207. The molecule has 4 rings (SSSR count). The number of likely N-dealkylation sites (N-methyl/N-ethyl adjacent to an activating group) is 1. The van der Waals surface area contributed by atoms with Crippen LogP contribution in [0.1, 0.15) is 25.3 Å². The minimum absolute atomic E-state index is 0.159. The van der Waals surface area contributed by atoms with Crippen molar-refractivity contribution in [1.29, 1.82) is 0 Å². The highest BCUT2D eigenvalue weighted by atomic mass is 35.5. The topological polar surface area (TPSA) is 52.5 Å². The predicted molar refractivity (Wildman–Crippen MR) is 105 cm³/mol. The van der Waals surface area contributed by atoms with Crippen LogP contribution in [0.5, 0.6) is 5.75 Å². The average molecular weight is 373 g/mol. The van der Waals surface area contributed by atoms with E-state index in [0.717, 1.165) is 42.4 Å². The molecule has 3 heterocycles. The van der Waals surface area contributed by atoms with Gasteiger partial charge in [-0.1, -0.05) is 18.5 Å². The number of piperidine rings is 1. The molecule has 0 saturated carbocycles. The first-order chi connectivity index (χ1) is 12.6. The largest absolute Gasteiger partial charge is 0.507 e. The van der Waals surface area contributed by atoms with Crippen molar-refractivity contribution in [2.45, 2.75) is 32.2 Å². The van der Waals surface area contributed by atoms with Crippen molar-refractivity contribution < 1.29 is 5.11 Å². The fourth-order valence-electron chi connectivity index (χ4n) is 4.42. The summed E-state index contributed by atoms with van der Waals surface area (Å²) >= 11 is 6.07. The van der Waals surface area contributed by atoms with Gasteiger partial charge in [0.2, 0.25) is 0 Å². The molecule has 2 atom stereocenters. The summed E-state index contributed by atoms with van der Waals surface area (Å²) < 4.78 is 0. The quantitative estimate of drug-likeness (QED) is 0.892. The van der Waals surface area contributed by atoms with Crippen LogP contribution in [-0.4, -0.2) is 52.9 Å². The Morgan fingerprint density at radius 1 is 1.19 bits per heavy atom. The molecule has 0 amide bonds. The highest BCUT2D eigenvalue weighted by molar-refractivity contribution is 6.31. The molecule has 2 saturated heterocycles. The number of anilines is 1. The van der Waals surface area contributed by atoms with E-state index in [9.17, 15) is 5.11 Å². The summed E-state index contributed by atoms with van der Waals surface area (Å²) in [5.41, 5.74) is 2.40. The maximum absolute atomic E-state index is 10.4. The van der Waals surface area contributed by atoms with E-state index < -0.39 is 0 Å². The molecule has 0 aliphatic carbocycles. The van der Waals surface area contributed by atoms with Crippen molar-refractivity contribution in [3.63, 3.8) is 0 Å². The van der Waals surface area contributed by atoms with Gasteiger partial charge in [-0.3, -0.25) is 0 Å². The standard InChI is InChI=1S/C20H25ClN4O/c1-3-13-10-15(21)11-18(26)20(13)16-4-5-19(23-22-16)25-9-7-14-6-8-24(2)12-17(14)25/h4-5,10-11,14,17,26H,3,6-9,12H2,1-2H3. The number of aryl methyl sites for hydroxylation is 1. The third-order valence-corrected chi connectivity index (χ3v) is 6.03. The SMILES string of the molecule is CCc1cc(Cl)cc(O)c1-c1ccc(N2CCC3CCN(C)CC32)nn1. The molecule has 26 heavy (non-hydrogen) atoms. The molecule has 2 aliphatic rings. The Labute approximate surface area is 159 Å². The smallest absolute Gasteiger partial charge is 0.151 e. The van der Waals surface area contributed by atoms with Gasteiger partial charge in [0.05, 0.1) is 5.69 Å². The number of aromatic nitrogens is 2. The third-order valence-electron chi connectivity index (χ3n) is 5.81. The van der Waals surface area contributed by atoms with E-state index in [0.29, 0.717) is 16.8 Å². The number of phenols is 1. The van der Waals surface area contributed by atoms with E-state index >= 15 is 0 Å². The second-order valence-electron chi connectivity index (χ2n) is 7.45. The van der Waals surface area contributed by atoms with Crippen LogP contribution < -0.4 is 4.90 Å². The Hall–Kier alpha value is -1.85. The molecule has 0 radical (unpaired) electrons. The van der Waals surface area contributed by atoms with Crippen molar-refractivity contribution in [2.24, 2.45) is 5.92 Å². The molecule has 6 heteroatoms. The molecule has 2 unspecified atom stereocenters. The molecule has 1 N–H and O–H groups in total. The minimum atomic E-state index is 0.159. The highest BCUT2D eigenvalue weighted by Crippen LogP contribution is 2.37. The van der Waals surface area contributed by atoms with Crippen LogP contribution in [-0.2, 0) is 6.42 Å². The predicted octanol–water partition coefficient (Wildman–Crippen LogP) is 3.60. The number of aromatic hydroxyl groups is 1. The van der Waals surface area contributed by atoms with Gasteiger partial charge in [-0.15, -0.1) is 10.2 Å². The maximum atomic E-state index is 10.4. The number of phenolic OH excluding ortho intramolecular Hbond substituents is 1. The Balaban J connectivity index is 1.62. The summed E-state index contributed by atoms with van der Waals surface area (Å²) in [6, 6.07) is 7.98. The van der Waals surface area contributed by atoms with Crippen molar-refractivity contribution in [1.82, 2.24) is 15.1 Å². The molecule has 1 aromatic heterocycles. The van der Waals surface area contributed by atoms with E-state index in [4.69, 9.17) is 11.6 Å². The van der Waals surface area contributed by atoms with Crippen molar-refractivity contribution in [3.8, 4) is 17.0 Å². The van der Waals surface area contributed by atoms with E-state index in [2.05, 4.69) is 27.0 Å². The summed E-state index contributed by atoms with van der Waals surface area (Å²) in [6.45, 7) is 5.37. The first kappa shape index (κ1) is 17.6. The highest BCUT2D eigenvalue weighted by Gasteiger charge is 2.38. The van der Waals surface area contributed by atoms with Crippen LogP contribution in [0.3, 0.4) is 0 Å². The number of rotatable bonds is 3. The van der Waals surface area contributed by atoms with Crippen LogP contribution >= 0.6 is 11.6 Å². The van der Waals surface area contributed by atoms with Gasteiger partial charge >= 0.3 is 0 Å². The van der Waals surface area contributed by atoms with Gasteiger partial charge in [-0.05, 0) is 68.6 Å². The Bertz CT molecular complexity index is 795. The summed E-state index contributed by atoms with van der Waals surface area (Å²) in [5, 5.41) is 19.8. The fourth-order valence-corrected chi connectivity index (χ4v) is 4.65. The van der Waals surface area contributed by atoms with Gasteiger partial charge in [0.25, 0.3) is 0 Å². The molecular formula is C20H25ClN4O. The summed E-state index contributed by atoms with van der Waals surface area (Å²) in [5.74, 6) is 1.86. The van der Waals surface area contributed by atoms with Gasteiger partial charge in [-0.25, -0.2) is 0 Å². The molecular weight excluding hydrogens is 348 g/mol. The molecule has 0 spiro atoms. The van der Waals surface area contributed by atoms with Gasteiger partial charge < -0.3 is 14.9 Å². The second kappa shape index (κ2) is 7.05. The number of likely N-dealkylation sites (tertiary alicyclic amines) is 1. The fraction of sp³-hybridized carbons (Fsp3) is 0.500. The van der Waals surface area contributed by atoms with Crippen molar-refractivity contribution in [3.05, 3.63) is 34.9 Å². The van der Waals surface area contributed by atoms with E-state index in [1.54, 1.807) is 6.07 Å². The molecule has 5 nitrogen and oxygen atoms in total. The molecule has 138 valence electrons. The number of fused-ring (bicyclic) bond motifs is 1. The van der Waals surface area contributed by atoms with Crippen LogP contribution in [0.15, 0.2) is 24.3 Å². The summed E-state index contributed by atoms with van der Waals surface area (Å²) in [7, 11) is 2.19. The lowest BCUT2D eigenvalue weighted by Crippen LogP contribution is -2.47. The number of halogens is 1. The molecule has 0 bridgehead atoms. The number of hydrogen-bond acceptors (Lipinski definition) is 5. The van der Waals surface area contributed by atoms with Crippen LogP contribution in [0, 0.1) is 5.92 Å². The van der Waals surface area contributed by atoms with E-state index in [1.807, 2.05) is 25.1 Å². The summed E-state index contributed by atoms with van der Waals surface area (Å²) in [4.78, 5) is 4.81. The zero-order chi connectivity index (χ0) is 18.3. The molecule has 1 aromatic carbocycles. The van der Waals surface area contributed by atoms with Gasteiger partial charge in [0, 0.05) is 29.7 Å². The normalized spacial score (nSPS) is 23.3. The Kier molecular flexibility index (Phi) is 4.76. The first-order valence-electron chi connectivity index (χ1n) is 9.37. The van der Waals surface area contributed by atoms with Crippen molar-refractivity contribution >= 4 is 17.4 Å². The molecule has 2 fully saturated rings. The third kappa shape index (κ3) is 3.14. The van der Waals surface area contributed by atoms with Crippen LogP contribution in [0.2, 0.25) is 5.02 Å². The average Bonchev–Trinajstić information content (AvgIpc) is 3.04. The lowest BCUT2D eigenvalue weighted by atomic mass is 9.92. The number of nitrogens with zero attached hydrogens (tertiary/aromatic N) is 4. The van der Waals surface area contributed by atoms with Crippen LogP contribution in [0.4, 0.5) is 5.82 Å². The van der Waals surface area contributed by atoms with E-state index in [-0.39, 0.29) is 5.75 Å². The molecule has 2 aliphatic heterocycles. The second-order valence-corrected chi connectivity index (χ2v) is 7.89. The van der Waals surface area contributed by atoms with E-state index in [1.165, 1.54) is 19.4 Å². The van der Waals surface area contributed by atoms with Gasteiger partial charge in [0.15, 0.2) is 5.82 Å². The minimum Gasteiger partial charge on any atom is -0.507 e. The monoisotopic (exact) mass is 372 g/mol. The number of benzene rings is 1. The molecule has 2 aromatic rings. The van der Waals surface area contributed by atoms with Crippen LogP contribution in [0.25, 0.3) is 11.3 Å². The summed E-state index contributed by atoms with van der Waals surface area (Å²) in [6.07, 6.45) is 3.27. The zero-order valence-electron chi connectivity index (χ0n) is 15.3.